The second kappa shape index (κ2) is 12.3. The quantitative estimate of drug-likeness (QED) is 0.334. The molecule has 8 nitrogen and oxygen atoms in total. The van der Waals surface area contributed by atoms with Crippen molar-refractivity contribution in [2.75, 3.05) is 6.79 Å². The number of carbonyl (C=O) groups excluding carboxylic acids is 1. The van der Waals surface area contributed by atoms with E-state index >= 15 is 0 Å². The summed E-state index contributed by atoms with van der Waals surface area (Å²) < 4.78 is 45.5. The average Bonchev–Trinajstić information content (AvgIpc) is 3.39. The number of rotatable bonds is 12. The molecule has 1 amide bonds. The van der Waals surface area contributed by atoms with Gasteiger partial charge < -0.3 is 14.2 Å². The van der Waals surface area contributed by atoms with E-state index in [1.807, 2.05) is 26.0 Å². The first kappa shape index (κ1) is 27.4. The molecular weight excluding hydrogens is 504 g/mol. The van der Waals surface area contributed by atoms with Crippen LogP contribution in [0.25, 0.3) is 0 Å². The number of nitrogens with zero attached hydrogens (tertiary/aromatic N) is 1. The van der Waals surface area contributed by atoms with Crippen LogP contribution < -0.4 is 18.9 Å². The van der Waals surface area contributed by atoms with Crippen LogP contribution >= 0.6 is 0 Å². The standard InChI is InChI=1S/C29H34N2O6S/c1-4-7-9-22-13-17-25(24(30-22)8-5-2)37-28(21-12-16-26-27(18-21)36-19-35-26)29(32)31-38(33,34)23-14-10-20(6-3)11-15-23/h10-18,28H,4-9,19H2,1-3H3,(H,31,32). The summed E-state index contributed by atoms with van der Waals surface area (Å²) in [6.45, 7) is 6.23. The van der Waals surface area contributed by atoms with Crippen LogP contribution in [0.3, 0.4) is 0 Å². The second-order valence-electron chi connectivity index (χ2n) is 9.18. The lowest BCUT2D eigenvalue weighted by Crippen LogP contribution is -2.37. The molecule has 2 aromatic carbocycles. The molecule has 4 rings (SSSR count). The van der Waals surface area contributed by atoms with Gasteiger partial charge in [0, 0.05) is 11.3 Å². The number of unbranched alkanes of at least 4 members (excludes halogenated alkanes) is 1. The minimum absolute atomic E-state index is 0.00102. The number of ether oxygens (including phenoxy) is 3. The van der Waals surface area contributed by atoms with E-state index in [-0.39, 0.29) is 11.7 Å². The number of fused-ring (bicyclic) bond motifs is 1. The Morgan fingerprint density at radius 3 is 2.45 bits per heavy atom. The van der Waals surface area contributed by atoms with Crippen LogP contribution in [0, 0.1) is 0 Å². The Bertz CT molecular complexity index is 1370. The molecule has 202 valence electrons. The molecule has 1 unspecified atom stereocenters. The smallest absolute Gasteiger partial charge is 0.279 e. The number of hydrogen-bond donors (Lipinski definition) is 1. The molecule has 0 bridgehead atoms. The number of hydrogen-bond acceptors (Lipinski definition) is 7. The maximum absolute atomic E-state index is 13.5. The van der Waals surface area contributed by atoms with E-state index in [0.717, 1.165) is 49.1 Å². The zero-order chi connectivity index (χ0) is 27.1. The van der Waals surface area contributed by atoms with Crippen LogP contribution in [0.4, 0.5) is 0 Å². The minimum Gasteiger partial charge on any atom is -0.474 e. The lowest BCUT2D eigenvalue weighted by atomic mass is 10.1. The monoisotopic (exact) mass is 538 g/mol. The summed E-state index contributed by atoms with van der Waals surface area (Å²) >= 11 is 0. The summed E-state index contributed by atoms with van der Waals surface area (Å²) in [7, 11) is -4.13. The van der Waals surface area contributed by atoms with Crippen LogP contribution in [0.15, 0.2) is 59.5 Å². The van der Waals surface area contributed by atoms with Gasteiger partial charge in [-0.15, -0.1) is 0 Å². The molecule has 0 fully saturated rings. The third-order valence-corrected chi connectivity index (χ3v) is 7.69. The van der Waals surface area contributed by atoms with Gasteiger partial charge in [-0.25, -0.2) is 13.1 Å². The Hall–Kier alpha value is -3.59. The molecule has 2 heterocycles. The Morgan fingerprint density at radius 1 is 0.974 bits per heavy atom. The van der Waals surface area contributed by atoms with Crippen molar-refractivity contribution >= 4 is 15.9 Å². The summed E-state index contributed by atoms with van der Waals surface area (Å²) in [6.07, 6.45) is 3.94. The molecule has 9 heteroatoms. The molecule has 1 aliphatic heterocycles. The molecule has 1 aromatic heterocycles. The van der Waals surface area contributed by atoms with Crippen LogP contribution in [0.5, 0.6) is 17.2 Å². The molecule has 0 radical (unpaired) electrons. The SMILES string of the molecule is CCCCc1ccc(OC(C(=O)NS(=O)(=O)c2ccc(CC)cc2)c2ccc3c(c2)OCO3)c(CCC)n1. The van der Waals surface area contributed by atoms with E-state index in [2.05, 4.69) is 11.6 Å². The fourth-order valence-electron chi connectivity index (χ4n) is 4.18. The molecule has 1 N–H and O–H groups in total. The van der Waals surface area contributed by atoms with Gasteiger partial charge in [-0.3, -0.25) is 9.78 Å². The highest BCUT2D eigenvalue weighted by molar-refractivity contribution is 7.90. The van der Waals surface area contributed by atoms with Gasteiger partial charge in [0.15, 0.2) is 11.5 Å². The van der Waals surface area contributed by atoms with Crippen molar-refractivity contribution in [2.24, 2.45) is 0 Å². The summed E-state index contributed by atoms with van der Waals surface area (Å²) in [6, 6.07) is 15.1. The largest absolute Gasteiger partial charge is 0.474 e. The molecule has 38 heavy (non-hydrogen) atoms. The molecular formula is C29H34N2O6S. The van der Waals surface area contributed by atoms with Crippen molar-refractivity contribution < 1.29 is 27.4 Å². The van der Waals surface area contributed by atoms with Gasteiger partial charge in [-0.1, -0.05) is 51.8 Å². The van der Waals surface area contributed by atoms with Crippen molar-refractivity contribution in [3.8, 4) is 17.2 Å². The Labute approximate surface area is 224 Å². The summed E-state index contributed by atoms with van der Waals surface area (Å²) in [5.41, 5.74) is 3.12. The van der Waals surface area contributed by atoms with Gasteiger partial charge >= 0.3 is 0 Å². The maximum Gasteiger partial charge on any atom is 0.279 e. The van der Waals surface area contributed by atoms with Gasteiger partial charge in [0.1, 0.15) is 5.75 Å². The highest BCUT2D eigenvalue weighted by Gasteiger charge is 2.30. The zero-order valence-corrected chi connectivity index (χ0v) is 22.8. The highest BCUT2D eigenvalue weighted by atomic mass is 32.2. The molecule has 1 aliphatic rings. The minimum atomic E-state index is -4.13. The topological polar surface area (TPSA) is 104 Å². The number of aromatic nitrogens is 1. The van der Waals surface area contributed by atoms with Crippen molar-refractivity contribution in [1.29, 1.82) is 0 Å². The predicted molar refractivity (Wildman–Crippen MR) is 144 cm³/mol. The highest BCUT2D eigenvalue weighted by Crippen LogP contribution is 2.36. The van der Waals surface area contributed by atoms with E-state index in [4.69, 9.17) is 19.2 Å². The van der Waals surface area contributed by atoms with E-state index in [1.165, 1.54) is 12.1 Å². The predicted octanol–water partition coefficient (Wildman–Crippen LogP) is 5.29. The number of benzene rings is 2. The molecule has 1 atom stereocenters. The fourth-order valence-corrected chi connectivity index (χ4v) is 5.16. The Balaban J connectivity index is 1.67. The van der Waals surface area contributed by atoms with E-state index in [0.29, 0.717) is 29.2 Å². The molecule has 0 spiro atoms. The Kier molecular flexibility index (Phi) is 8.89. The number of pyridine rings is 1. The first-order valence-corrected chi connectivity index (χ1v) is 14.5. The fraction of sp³-hybridized carbons (Fsp3) is 0.379. The van der Waals surface area contributed by atoms with Crippen molar-refractivity contribution in [3.05, 3.63) is 77.1 Å². The average molecular weight is 539 g/mol. The molecule has 0 aliphatic carbocycles. The van der Waals surface area contributed by atoms with Crippen molar-refractivity contribution in [2.45, 2.75) is 70.3 Å². The normalized spacial score (nSPS) is 13.2. The van der Waals surface area contributed by atoms with Crippen LogP contribution in [-0.4, -0.2) is 26.1 Å². The molecule has 0 saturated heterocycles. The van der Waals surface area contributed by atoms with Gasteiger partial charge in [0.05, 0.1) is 10.6 Å². The van der Waals surface area contributed by atoms with Gasteiger partial charge in [0.2, 0.25) is 12.9 Å². The number of sulfonamides is 1. The first-order valence-electron chi connectivity index (χ1n) is 13.0. The van der Waals surface area contributed by atoms with Gasteiger partial charge in [0.25, 0.3) is 15.9 Å². The molecule has 0 saturated carbocycles. The second-order valence-corrected chi connectivity index (χ2v) is 10.9. The number of amides is 1. The zero-order valence-electron chi connectivity index (χ0n) is 22.0. The molecule has 3 aromatic rings. The summed E-state index contributed by atoms with van der Waals surface area (Å²) in [5, 5.41) is 0. The maximum atomic E-state index is 13.5. The lowest BCUT2D eigenvalue weighted by molar-refractivity contribution is -0.126. The number of nitrogens with one attached hydrogen (secondary N) is 1. The summed E-state index contributed by atoms with van der Waals surface area (Å²) in [5.74, 6) is 0.629. The van der Waals surface area contributed by atoms with Crippen LogP contribution in [-0.2, 0) is 34.1 Å². The number of carbonyl (C=O) groups is 1. The van der Waals surface area contributed by atoms with Crippen molar-refractivity contribution in [1.82, 2.24) is 9.71 Å². The van der Waals surface area contributed by atoms with E-state index in [9.17, 15) is 13.2 Å². The Morgan fingerprint density at radius 2 is 1.74 bits per heavy atom. The van der Waals surface area contributed by atoms with Gasteiger partial charge in [-0.05, 0) is 67.6 Å². The van der Waals surface area contributed by atoms with Gasteiger partial charge in [-0.2, -0.15) is 0 Å². The first-order chi connectivity index (χ1) is 18.3. The van der Waals surface area contributed by atoms with Crippen LogP contribution in [0.2, 0.25) is 0 Å². The van der Waals surface area contributed by atoms with E-state index < -0.39 is 22.0 Å². The van der Waals surface area contributed by atoms with Crippen molar-refractivity contribution in [3.63, 3.8) is 0 Å². The van der Waals surface area contributed by atoms with E-state index in [1.54, 1.807) is 30.3 Å². The summed E-state index contributed by atoms with van der Waals surface area (Å²) in [4.78, 5) is 18.3. The third kappa shape index (κ3) is 6.45. The number of aryl methyl sites for hydroxylation is 3. The van der Waals surface area contributed by atoms with Crippen LogP contribution in [0.1, 0.15) is 68.7 Å². The lowest BCUT2D eigenvalue weighted by Gasteiger charge is -2.21. The third-order valence-electron chi connectivity index (χ3n) is 6.32.